The molecule has 0 fully saturated rings. The molecule has 3 rings (SSSR count). The van der Waals surface area contributed by atoms with Gasteiger partial charge in [0.2, 0.25) is 5.91 Å². The number of amides is 1. The highest BCUT2D eigenvalue weighted by Gasteiger charge is 2.14. The molecule has 4 heteroatoms. The maximum atomic E-state index is 12.4. The standard InChI is InChI=1S/C18H16BrNO2/c1-20(11-13-5-3-2-4-6-13)18(21)9-14-12-22-17-8-7-15(19)10-16(14)17/h2-8,10,12H,9,11H2,1H3. The van der Waals surface area contributed by atoms with E-state index in [9.17, 15) is 4.79 Å². The molecule has 0 atom stereocenters. The minimum absolute atomic E-state index is 0.0755. The molecule has 0 saturated carbocycles. The molecule has 0 aliphatic carbocycles. The van der Waals surface area contributed by atoms with Crippen molar-refractivity contribution < 1.29 is 9.21 Å². The van der Waals surface area contributed by atoms with Crippen LogP contribution in [-0.4, -0.2) is 17.9 Å². The van der Waals surface area contributed by atoms with Gasteiger partial charge in [-0.2, -0.15) is 0 Å². The van der Waals surface area contributed by atoms with Crippen LogP contribution in [0.15, 0.2) is 63.7 Å². The van der Waals surface area contributed by atoms with E-state index in [0.29, 0.717) is 13.0 Å². The topological polar surface area (TPSA) is 33.5 Å². The average Bonchev–Trinajstić information content (AvgIpc) is 2.90. The molecule has 0 N–H and O–H groups in total. The van der Waals surface area contributed by atoms with Crippen LogP contribution in [0.2, 0.25) is 0 Å². The molecule has 0 aliphatic heterocycles. The molecule has 0 saturated heterocycles. The van der Waals surface area contributed by atoms with E-state index in [4.69, 9.17) is 4.42 Å². The molecule has 0 aliphatic rings. The summed E-state index contributed by atoms with van der Waals surface area (Å²) in [5, 5.41) is 0.982. The van der Waals surface area contributed by atoms with Crippen molar-refractivity contribution in [2.75, 3.05) is 7.05 Å². The van der Waals surface area contributed by atoms with Gasteiger partial charge in [-0.05, 0) is 23.8 Å². The van der Waals surface area contributed by atoms with E-state index in [0.717, 1.165) is 26.6 Å². The molecular weight excluding hydrogens is 342 g/mol. The summed E-state index contributed by atoms with van der Waals surface area (Å²) in [5.41, 5.74) is 2.84. The summed E-state index contributed by atoms with van der Waals surface area (Å²) in [6, 6.07) is 15.8. The smallest absolute Gasteiger partial charge is 0.227 e. The molecule has 3 nitrogen and oxygen atoms in total. The lowest BCUT2D eigenvalue weighted by Crippen LogP contribution is -2.27. The summed E-state index contributed by atoms with van der Waals surface area (Å²) in [6.45, 7) is 0.610. The predicted molar refractivity (Wildman–Crippen MR) is 90.5 cm³/mol. The van der Waals surface area contributed by atoms with Gasteiger partial charge in [0.05, 0.1) is 12.7 Å². The van der Waals surface area contributed by atoms with Crippen LogP contribution in [0.25, 0.3) is 11.0 Å². The van der Waals surface area contributed by atoms with Gasteiger partial charge in [-0.3, -0.25) is 4.79 Å². The summed E-state index contributed by atoms with van der Waals surface area (Å²) in [6.07, 6.45) is 2.01. The molecular formula is C18H16BrNO2. The Kier molecular flexibility index (Phi) is 4.29. The molecule has 112 valence electrons. The van der Waals surface area contributed by atoms with Crippen molar-refractivity contribution in [3.05, 3.63) is 70.4 Å². The molecule has 1 aromatic heterocycles. The molecule has 22 heavy (non-hydrogen) atoms. The number of hydrogen-bond acceptors (Lipinski definition) is 2. The van der Waals surface area contributed by atoms with E-state index in [-0.39, 0.29) is 5.91 Å². The molecule has 1 heterocycles. The SMILES string of the molecule is CN(Cc1ccccc1)C(=O)Cc1coc2ccc(Br)cc12. The van der Waals surface area contributed by atoms with Crippen LogP contribution in [0.3, 0.4) is 0 Å². The highest BCUT2D eigenvalue weighted by molar-refractivity contribution is 9.10. The Morgan fingerprint density at radius 3 is 2.73 bits per heavy atom. The molecule has 0 bridgehead atoms. The van der Waals surface area contributed by atoms with E-state index in [1.165, 1.54) is 0 Å². The largest absolute Gasteiger partial charge is 0.464 e. The first kappa shape index (κ1) is 14.9. The van der Waals surface area contributed by atoms with E-state index < -0.39 is 0 Å². The van der Waals surface area contributed by atoms with Gasteiger partial charge in [-0.15, -0.1) is 0 Å². The molecule has 0 unspecified atom stereocenters. The molecule has 1 amide bonds. The van der Waals surface area contributed by atoms with Crippen LogP contribution >= 0.6 is 15.9 Å². The van der Waals surface area contributed by atoms with E-state index >= 15 is 0 Å². The number of benzene rings is 2. The minimum atomic E-state index is 0.0755. The lowest BCUT2D eigenvalue weighted by molar-refractivity contribution is -0.129. The Balaban J connectivity index is 1.74. The van der Waals surface area contributed by atoms with Crippen LogP contribution in [-0.2, 0) is 17.8 Å². The van der Waals surface area contributed by atoms with Gasteiger partial charge in [-0.1, -0.05) is 46.3 Å². The van der Waals surface area contributed by atoms with E-state index in [1.54, 1.807) is 11.2 Å². The number of hydrogen-bond donors (Lipinski definition) is 0. The molecule has 3 aromatic rings. The summed E-state index contributed by atoms with van der Waals surface area (Å²) in [7, 11) is 1.83. The zero-order valence-electron chi connectivity index (χ0n) is 12.3. The highest BCUT2D eigenvalue weighted by Crippen LogP contribution is 2.25. The Morgan fingerprint density at radius 1 is 1.18 bits per heavy atom. The van der Waals surface area contributed by atoms with Crippen molar-refractivity contribution in [3.63, 3.8) is 0 Å². The first-order valence-electron chi connectivity index (χ1n) is 7.07. The van der Waals surface area contributed by atoms with Crippen molar-refractivity contribution >= 4 is 32.8 Å². The fraction of sp³-hybridized carbons (Fsp3) is 0.167. The fourth-order valence-corrected chi connectivity index (χ4v) is 2.80. The minimum Gasteiger partial charge on any atom is -0.464 e. The average molecular weight is 358 g/mol. The van der Waals surface area contributed by atoms with Crippen molar-refractivity contribution in [2.45, 2.75) is 13.0 Å². The highest BCUT2D eigenvalue weighted by atomic mass is 79.9. The van der Waals surface area contributed by atoms with Crippen molar-refractivity contribution in [1.82, 2.24) is 4.90 Å². The number of furan rings is 1. The maximum absolute atomic E-state index is 12.4. The maximum Gasteiger partial charge on any atom is 0.227 e. The summed E-state index contributed by atoms with van der Waals surface area (Å²) < 4.78 is 6.49. The molecule has 2 aromatic carbocycles. The van der Waals surface area contributed by atoms with Crippen LogP contribution < -0.4 is 0 Å². The van der Waals surface area contributed by atoms with Gasteiger partial charge in [0.1, 0.15) is 5.58 Å². The Hall–Kier alpha value is -2.07. The van der Waals surface area contributed by atoms with Gasteiger partial charge in [0.25, 0.3) is 0 Å². The third kappa shape index (κ3) is 3.22. The third-order valence-corrected chi connectivity index (χ3v) is 4.14. The Bertz CT molecular complexity index is 795. The van der Waals surface area contributed by atoms with Gasteiger partial charge < -0.3 is 9.32 Å². The first-order chi connectivity index (χ1) is 10.6. The molecule has 0 spiro atoms. The second kappa shape index (κ2) is 6.36. The first-order valence-corrected chi connectivity index (χ1v) is 7.86. The summed E-state index contributed by atoms with van der Waals surface area (Å²) >= 11 is 3.45. The summed E-state index contributed by atoms with van der Waals surface area (Å²) in [4.78, 5) is 14.2. The lowest BCUT2D eigenvalue weighted by Gasteiger charge is -2.17. The van der Waals surface area contributed by atoms with Crippen LogP contribution in [0, 0.1) is 0 Å². The van der Waals surface area contributed by atoms with Gasteiger partial charge >= 0.3 is 0 Å². The Morgan fingerprint density at radius 2 is 1.95 bits per heavy atom. The number of rotatable bonds is 4. The van der Waals surface area contributed by atoms with Gasteiger partial charge in [-0.25, -0.2) is 0 Å². The van der Waals surface area contributed by atoms with Crippen LogP contribution in [0.4, 0.5) is 0 Å². The van der Waals surface area contributed by atoms with Crippen LogP contribution in [0.5, 0.6) is 0 Å². The monoisotopic (exact) mass is 357 g/mol. The normalized spacial score (nSPS) is 10.8. The van der Waals surface area contributed by atoms with Crippen molar-refractivity contribution in [2.24, 2.45) is 0 Å². The number of fused-ring (bicyclic) bond motifs is 1. The second-order valence-electron chi connectivity index (χ2n) is 5.31. The lowest BCUT2D eigenvalue weighted by atomic mass is 10.1. The second-order valence-corrected chi connectivity index (χ2v) is 6.23. The number of nitrogens with zero attached hydrogens (tertiary/aromatic N) is 1. The summed E-state index contributed by atoms with van der Waals surface area (Å²) in [5.74, 6) is 0.0755. The third-order valence-electron chi connectivity index (χ3n) is 3.65. The fourth-order valence-electron chi connectivity index (χ4n) is 2.43. The van der Waals surface area contributed by atoms with Crippen LogP contribution in [0.1, 0.15) is 11.1 Å². The van der Waals surface area contributed by atoms with Crippen molar-refractivity contribution in [1.29, 1.82) is 0 Å². The number of halogens is 1. The van der Waals surface area contributed by atoms with E-state index in [1.807, 2.05) is 55.6 Å². The number of carbonyl (C=O) groups excluding carboxylic acids is 1. The van der Waals surface area contributed by atoms with E-state index in [2.05, 4.69) is 15.9 Å². The zero-order valence-corrected chi connectivity index (χ0v) is 13.8. The van der Waals surface area contributed by atoms with Crippen molar-refractivity contribution in [3.8, 4) is 0 Å². The zero-order chi connectivity index (χ0) is 15.5. The number of carbonyl (C=O) groups is 1. The van der Waals surface area contributed by atoms with Gasteiger partial charge in [0.15, 0.2) is 0 Å². The predicted octanol–water partition coefficient (Wildman–Crippen LogP) is 4.40. The molecule has 0 radical (unpaired) electrons. The van der Waals surface area contributed by atoms with Gasteiger partial charge in [0, 0.05) is 29.0 Å². The Labute approximate surface area is 137 Å². The quantitative estimate of drug-likeness (QED) is 0.693. The number of likely N-dealkylation sites (N-methyl/N-ethyl adjacent to an activating group) is 1.